The van der Waals surface area contributed by atoms with Crippen molar-refractivity contribution in [2.24, 2.45) is 10.9 Å². The van der Waals surface area contributed by atoms with E-state index in [-0.39, 0.29) is 12.2 Å². The molecule has 1 unspecified atom stereocenters. The van der Waals surface area contributed by atoms with Crippen molar-refractivity contribution in [2.45, 2.75) is 38.2 Å². The van der Waals surface area contributed by atoms with Gasteiger partial charge in [-0.05, 0) is 37.5 Å². The van der Waals surface area contributed by atoms with E-state index in [9.17, 15) is 9.90 Å². The Hall–Kier alpha value is -1.79. The van der Waals surface area contributed by atoms with Crippen LogP contribution in [0.25, 0.3) is 0 Å². The first kappa shape index (κ1) is 16.7. The van der Waals surface area contributed by atoms with Crippen molar-refractivity contribution in [3.63, 3.8) is 0 Å². The van der Waals surface area contributed by atoms with E-state index in [0.29, 0.717) is 24.0 Å². The van der Waals surface area contributed by atoms with E-state index in [0.717, 1.165) is 48.6 Å². The zero-order valence-corrected chi connectivity index (χ0v) is 15.0. The summed E-state index contributed by atoms with van der Waals surface area (Å²) in [7, 11) is 0. The summed E-state index contributed by atoms with van der Waals surface area (Å²) in [6.07, 6.45) is 2.54. The lowest BCUT2D eigenvalue weighted by Gasteiger charge is -2.36. The second-order valence-electron chi connectivity index (χ2n) is 7.32. The van der Waals surface area contributed by atoms with Crippen molar-refractivity contribution < 1.29 is 9.90 Å². The minimum atomic E-state index is -1.07. The Morgan fingerprint density at radius 1 is 1.28 bits per heavy atom. The van der Waals surface area contributed by atoms with Crippen molar-refractivity contribution in [3.05, 3.63) is 28.4 Å². The van der Waals surface area contributed by atoms with Crippen LogP contribution in [0, 0.1) is 5.92 Å². The number of piperidine rings is 1. The molecule has 1 fully saturated rings. The van der Waals surface area contributed by atoms with Crippen LogP contribution < -0.4 is 4.90 Å². The molecule has 2 aliphatic heterocycles. The minimum absolute atomic E-state index is 0.108. The fourth-order valence-electron chi connectivity index (χ4n) is 4.29. The number of hydrogen-bond donors (Lipinski definition) is 1. The molecule has 1 aromatic heterocycles. The van der Waals surface area contributed by atoms with Crippen molar-refractivity contribution in [2.75, 3.05) is 24.5 Å². The normalized spacial score (nSPS) is 27.6. The topological polar surface area (TPSA) is 78.7 Å². The van der Waals surface area contributed by atoms with Crippen LogP contribution in [0.4, 0.5) is 5.82 Å². The number of carbonyl (C=O) groups excluding carboxylic acids is 1. The number of aliphatic hydroxyl groups is 1. The highest BCUT2D eigenvalue weighted by atomic mass is 35.5. The molecule has 25 heavy (non-hydrogen) atoms. The molecule has 0 bridgehead atoms. The lowest BCUT2D eigenvalue weighted by molar-refractivity contribution is -0.122. The highest BCUT2D eigenvalue weighted by Gasteiger charge is 2.43. The van der Waals surface area contributed by atoms with E-state index in [4.69, 9.17) is 16.6 Å². The Balaban J connectivity index is 1.48. The van der Waals surface area contributed by atoms with Crippen LogP contribution >= 0.6 is 11.6 Å². The van der Waals surface area contributed by atoms with Gasteiger partial charge >= 0.3 is 0 Å². The molecule has 132 valence electrons. The molecule has 1 N–H and O–H groups in total. The SMILES string of the molecule is CC1(O)CC(=O)CC2=C1C(C1CCN(c3ccc(Cl)nn3)CC1)=NC2. The summed E-state index contributed by atoms with van der Waals surface area (Å²) in [4.78, 5) is 18.8. The molecule has 3 heterocycles. The average molecular weight is 361 g/mol. The number of Topliss-reactive ketones (excluding diaryl/α,β-unsaturated/α-hetero) is 1. The van der Waals surface area contributed by atoms with E-state index < -0.39 is 5.60 Å². The molecule has 0 radical (unpaired) electrons. The van der Waals surface area contributed by atoms with Crippen molar-refractivity contribution >= 4 is 28.9 Å². The van der Waals surface area contributed by atoms with Gasteiger partial charge in [-0.15, -0.1) is 10.2 Å². The van der Waals surface area contributed by atoms with Gasteiger partial charge in [-0.3, -0.25) is 9.79 Å². The number of ketones is 1. The summed E-state index contributed by atoms with van der Waals surface area (Å²) in [5, 5.41) is 19.2. The van der Waals surface area contributed by atoms with E-state index in [2.05, 4.69) is 15.1 Å². The molecule has 1 saturated heterocycles. The standard InChI is InChI=1S/C18H21ClN4O2/c1-18(25)9-13(24)8-12-10-20-17(16(12)18)11-4-6-23(7-5-11)15-3-2-14(19)21-22-15/h2-3,11,25H,4-10H2,1H3. The second kappa shape index (κ2) is 6.18. The fraction of sp³-hybridized carbons (Fsp3) is 0.556. The zero-order valence-electron chi connectivity index (χ0n) is 14.2. The number of nitrogens with zero attached hydrogens (tertiary/aromatic N) is 4. The molecule has 0 saturated carbocycles. The molecule has 6 nitrogen and oxygen atoms in total. The van der Waals surface area contributed by atoms with Crippen molar-refractivity contribution in [1.82, 2.24) is 10.2 Å². The molecule has 4 rings (SSSR count). The molecule has 1 aliphatic carbocycles. The van der Waals surface area contributed by atoms with Gasteiger partial charge in [-0.1, -0.05) is 11.6 Å². The van der Waals surface area contributed by atoms with Crippen molar-refractivity contribution in [1.29, 1.82) is 0 Å². The van der Waals surface area contributed by atoms with Crippen LogP contribution in [0.2, 0.25) is 5.15 Å². The number of aromatic nitrogens is 2. The first-order chi connectivity index (χ1) is 11.9. The van der Waals surface area contributed by atoms with Gasteiger partial charge in [0.15, 0.2) is 11.0 Å². The van der Waals surface area contributed by atoms with Crippen LogP contribution in [0.5, 0.6) is 0 Å². The van der Waals surface area contributed by atoms with Gasteiger partial charge < -0.3 is 10.0 Å². The summed E-state index contributed by atoms with van der Waals surface area (Å²) in [6, 6.07) is 3.64. The molecule has 1 atom stereocenters. The molecular formula is C18H21ClN4O2. The fourth-order valence-corrected chi connectivity index (χ4v) is 4.39. The summed E-state index contributed by atoms with van der Waals surface area (Å²) in [6.45, 7) is 4.04. The molecular weight excluding hydrogens is 340 g/mol. The highest BCUT2D eigenvalue weighted by Crippen LogP contribution is 2.39. The van der Waals surface area contributed by atoms with Gasteiger partial charge in [-0.25, -0.2) is 0 Å². The first-order valence-electron chi connectivity index (χ1n) is 8.69. The molecule has 3 aliphatic rings. The Kier molecular flexibility index (Phi) is 4.12. The average Bonchev–Trinajstić information content (AvgIpc) is 3.00. The number of hydrogen-bond acceptors (Lipinski definition) is 6. The first-order valence-corrected chi connectivity index (χ1v) is 9.07. The number of anilines is 1. The van der Waals surface area contributed by atoms with Crippen LogP contribution in [0.3, 0.4) is 0 Å². The van der Waals surface area contributed by atoms with E-state index in [1.165, 1.54) is 0 Å². The number of halogens is 1. The van der Waals surface area contributed by atoms with Gasteiger partial charge in [0.2, 0.25) is 0 Å². The van der Waals surface area contributed by atoms with Crippen LogP contribution in [-0.4, -0.2) is 52.0 Å². The summed E-state index contributed by atoms with van der Waals surface area (Å²) < 4.78 is 0. The van der Waals surface area contributed by atoms with Gasteiger partial charge in [0.25, 0.3) is 0 Å². The highest BCUT2D eigenvalue weighted by molar-refractivity contribution is 6.29. The van der Waals surface area contributed by atoms with Gasteiger partial charge in [-0.2, -0.15) is 0 Å². The third kappa shape index (κ3) is 3.09. The van der Waals surface area contributed by atoms with Gasteiger partial charge in [0.1, 0.15) is 5.78 Å². The van der Waals surface area contributed by atoms with E-state index in [1.807, 2.05) is 6.07 Å². The smallest absolute Gasteiger partial charge is 0.151 e. The third-order valence-corrected chi connectivity index (χ3v) is 5.57. The van der Waals surface area contributed by atoms with Crippen LogP contribution in [-0.2, 0) is 4.79 Å². The third-order valence-electron chi connectivity index (χ3n) is 5.36. The van der Waals surface area contributed by atoms with Gasteiger partial charge in [0, 0.05) is 43.1 Å². The molecule has 0 spiro atoms. The molecule has 0 amide bonds. The Morgan fingerprint density at radius 2 is 2.04 bits per heavy atom. The van der Waals surface area contributed by atoms with E-state index in [1.54, 1.807) is 13.0 Å². The van der Waals surface area contributed by atoms with Gasteiger partial charge in [0.05, 0.1) is 12.1 Å². The summed E-state index contributed by atoms with van der Waals surface area (Å²) in [5.74, 6) is 1.27. The maximum absolute atomic E-state index is 11.9. The second-order valence-corrected chi connectivity index (χ2v) is 7.71. The van der Waals surface area contributed by atoms with Crippen molar-refractivity contribution in [3.8, 4) is 0 Å². The van der Waals surface area contributed by atoms with Crippen LogP contribution in [0.15, 0.2) is 28.3 Å². The minimum Gasteiger partial charge on any atom is -0.385 e. The predicted octanol–water partition coefficient (Wildman–Crippen LogP) is 2.21. The zero-order chi connectivity index (χ0) is 17.6. The Labute approximate surface area is 151 Å². The Morgan fingerprint density at radius 3 is 2.72 bits per heavy atom. The lowest BCUT2D eigenvalue weighted by atomic mass is 9.74. The maximum atomic E-state index is 11.9. The lowest BCUT2D eigenvalue weighted by Crippen LogP contribution is -2.42. The Bertz CT molecular complexity index is 762. The molecule has 7 heteroatoms. The predicted molar refractivity (Wildman–Crippen MR) is 96.2 cm³/mol. The molecule has 0 aromatic carbocycles. The maximum Gasteiger partial charge on any atom is 0.151 e. The largest absolute Gasteiger partial charge is 0.385 e. The number of carbonyl (C=O) groups is 1. The van der Waals surface area contributed by atoms with Crippen LogP contribution in [0.1, 0.15) is 32.6 Å². The van der Waals surface area contributed by atoms with E-state index >= 15 is 0 Å². The quantitative estimate of drug-likeness (QED) is 0.874. The summed E-state index contributed by atoms with van der Waals surface area (Å²) in [5.41, 5.74) is 1.91. The summed E-state index contributed by atoms with van der Waals surface area (Å²) >= 11 is 5.80. The number of rotatable bonds is 2. The molecule has 1 aromatic rings. The number of aliphatic imine (C=N–C) groups is 1. The monoisotopic (exact) mass is 360 g/mol.